The number of imidazole rings is 2. The van der Waals surface area contributed by atoms with Crippen LogP contribution in [0.1, 0.15) is 155 Å². The van der Waals surface area contributed by atoms with Crippen LogP contribution < -0.4 is 0 Å². The van der Waals surface area contributed by atoms with E-state index in [4.69, 9.17) is 9.40 Å². The number of nitrogens with zero attached hydrogens (tertiary/aromatic N) is 4. The predicted molar refractivity (Wildman–Crippen MR) is 352 cm³/mol. The van der Waals surface area contributed by atoms with Crippen LogP contribution in [0, 0.1) is 24.0 Å². The Balaban J connectivity index is 0.000000201. The molecule has 0 saturated carbocycles. The largest absolute Gasteiger partial charge is 0.512 e. The van der Waals surface area contributed by atoms with E-state index in [1.807, 2.05) is 64.2 Å². The number of hydrogen-bond acceptors (Lipinski definition) is 5. The van der Waals surface area contributed by atoms with Gasteiger partial charge in [-0.05, 0) is 124 Å². The van der Waals surface area contributed by atoms with Crippen molar-refractivity contribution in [3.05, 3.63) is 228 Å². The van der Waals surface area contributed by atoms with Crippen molar-refractivity contribution in [2.24, 2.45) is 11.8 Å². The standard InChI is InChI=1S/C43H35N2O.C21H23N2.C13H24O2.Ir/c1-27(2)36-24-32(30-16-9-6-10-17-30)25-37(28(3)4)41(36)45-39-21-12-11-20-38(39)44-43(45)35-19-13-18-34-33-23-22-31(26-40(33)46-42(34)35)29-14-7-5-8-15-29;1-15(2)18-11-8-12-19(16(3)4)20(18)23-14-13-22-21(23)17-9-6-5-7-10-17;1-5-10(6-2)12(14)9-13(15)11(7-3)8-4;/h5-18,20-28H,1-4H3;5-9,11-16H,1-4H3;9-11,14H,5-8H2,1-4H3;/q2*-1;;/b;;12-9-;. The van der Waals surface area contributed by atoms with Crippen molar-refractivity contribution in [1.82, 2.24) is 19.1 Å². The number of aliphatic hydroxyl groups excluding tert-OH is 1. The first-order valence-corrected chi connectivity index (χ1v) is 30.4. The van der Waals surface area contributed by atoms with Gasteiger partial charge in [-0.25, -0.2) is 0 Å². The summed E-state index contributed by atoms with van der Waals surface area (Å²) in [5.74, 6) is 3.81. The molecule has 0 aliphatic rings. The second kappa shape index (κ2) is 28.8. The third-order valence-corrected chi connectivity index (χ3v) is 16.3. The number of aliphatic hydroxyl groups is 1. The van der Waals surface area contributed by atoms with E-state index < -0.39 is 0 Å². The number of aromatic nitrogens is 4. The van der Waals surface area contributed by atoms with E-state index in [-0.39, 0.29) is 55.3 Å². The second-order valence-electron chi connectivity index (χ2n) is 23.2. The van der Waals surface area contributed by atoms with E-state index in [1.165, 1.54) is 56.4 Å². The Hall–Kier alpha value is -7.90. The molecule has 11 aromatic rings. The van der Waals surface area contributed by atoms with Gasteiger partial charge >= 0.3 is 0 Å². The number of carbonyl (C=O) groups excluding carboxylic acids is 1. The first-order chi connectivity index (χ1) is 40.7. The SMILES string of the molecule is CC(C)c1cc(-c2ccccc2)cc(C(C)C)c1-n1c(-c2[c-]ccc3c2oc2cc(-c4ccccc4)ccc23)nc2ccccc21.CC(C)c1cccc(C(C)C)c1-n1ccnc1-c1[c-]cccc1.CCC(CC)C(=O)/C=C(\O)C(CC)CC.[Ir]. The van der Waals surface area contributed by atoms with Crippen molar-refractivity contribution in [1.29, 1.82) is 0 Å². The molecule has 0 aliphatic carbocycles. The van der Waals surface area contributed by atoms with Crippen LogP contribution in [0.5, 0.6) is 0 Å². The molecule has 8 heteroatoms. The van der Waals surface area contributed by atoms with E-state index in [1.54, 1.807) is 0 Å². The zero-order valence-corrected chi connectivity index (χ0v) is 54.0. The topological polar surface area (TPSA) is 86.1 Å². The van der Waals surface area contributed by atoms with Crippen molar-refractivity contribution in [2.45, 2.75) is 132 Å². The molecule has 0 unspecified atom stereocenters. The molecule has 0 bridgehead atoms. The van der Waals surface area contributed by atoms with Crippen LogP contribution in [0.2, 0.25) is 0 Å². The number of furan rings is 1. The summed E-state index contributed by atoms with van der Waals surface area (Å²) in [5, 5.41) is 11.9. The van der Waals surface area contributed by atoms with E-state index in [0.29, 0.717) is 11.8 Å². The summed E-state index contributed by atoms with van der Waals surface area (Å²) in [5.41, 5.74) is 18.1. The molecule has 7 nitrogen and oxygen atoms in total. The molecule has 0 atom stereocenters. The Morgan fingerprint density at radius 3 is 1.71 bits per heavy atom. The molecule has 1 radical (unpaired) electrons. The number of benzene rings is 8. The Morgan fingerprint density at radius 2 is 1.13 bits per heavy atom. The molecule has 11 rings (SSSR count). The summed E-state index contributed by atoms with van der Waals surface area (Å²) in [4.78, 5) is 21.6. The zero-order valence-electron chi connectivity index (χ0n) is 51.6. The molecule has 8 aromatic carbocycles. The van der Waals surface area contributed by atoms with Gasteiger partial charge in [0.1, 0.15) is 5.58 Å². The van der Waals surface area contributed by atoms with Gasteiger partial charge in [-0.15, -0.1) is 54.1 Å². The first kappa shape index (κ1) is 63.1. The van der Waals surface area contributed by atoms with Crippen molar-refractivity contribution >= 4 is 38.8 Å². The molecule has 3 aromatic heterocycles. The molecule has 1 N–H and O–H groups in total. The maximum absolute atomic E-state index is 11.7. The molecule has 439 valence electrons. The fourth-order valence-corrected chi connectivity index (χ4v) is 11.5. The number of fused-ring (bicyclic) bond motifs is 4. The number of hydrogen-bond donors (Lipinski definition) is 1. The number of allylic oxidation sites excluding steroid dienone is 2. The van der Waals surface area contributed by atoms with Gasteiger partial charge in [0.25, 0.3) is 0 Å². The summed E-state index contributed by atoms with van der Waals surface area (Å²) in [6.07, 6.45) is 8.84. The predicted octanol–water partition coefficient (Wildman–Crippen LogP) is 21.4. The normalized spacial score (nSPS) is 11.7. The van der Waals surface area contributed by atoms with Gasteiger partial charge in [0, 0.05) is 67.2 Å². The van der Waals surface area contributed by atoms with E-state index in [0.717, 1.165) is 87.0 Å². The molecular formula is C77H82IrN4O3-2. The minimum atomic E-state index is 0. The van der Waals surface area contributed by atoms with Crippen LogP contribution in [-0.2, 0) is 24.9 Å². The monoisotopic (exact) mass is 1300 g/mol. The van der Waals surface area contributed by atoms with Gasteiger partial charge in [-0.1, -0.05) is 197 Å². The van der Waals surface area contributed by atoms with Crippen molar-refractivity contribution < 1.29 is 34.4 Å². The third-order valence-electron chi connectivity index (χ3n) is 16.3. The number of para-hydroxylation sites is 3. The van der Waals surface area contributed by atoms with E-state index >= 15 is 0 Å². The maximum Gasteiger partial charge on any atom is 0.162 e. The maximum atomic E-state index is 11.7. The van der Waals surface area contributed by atoms with Gasteiger partial charge < -0.3 is 18.7 Å². The number of rotatable bonds is 17. The van der Waals surface area contributed by atoms with Gasteiger partial charge in [0.2, 0.25) is 0 Å². The number of carbonyl (C=O) groups is 1. The first-order valence-electron chi connectivity index (χ1n) is 30.4. The minimum Gasteiger partial charge on any atom is -0.512 e. The summed E-state index contributed by atoms with van der Waals surface area (Å²) in [6, 6.07) is 66.4. The molecule has 0 saturated heterocycles. The summed E-state index contributed by atoms with van der Waals surface area (Å²) < 4.78 is 11.3. The fourth-order valence-electron chi connectivity index (χ4n) is 11.5. The Morgan fingerprint density at radius 1 is 0.553 bits per heavy atom. The van der Waals surface area contributed by atoms with Gasteiger partial charge in [-0.3, -0.25) is 14.8 Å². The Kier molecular flexibility index (Phi) is 21.4. The molecule has 0 spiro atoms. The minimum absolute atomic E-state index is 0. The van der Waals surface area contributed by atoms with Crippen LogP contribution >= 0.6 is 0 Å². The molecule has 85 heavy (non-hydrogen) atoms. The quantitative estimate of drug-likeness (QED) is 0.0558. The Bertz CT molecular complexity index is 3950. The molecule has 0 aliphatic heterocycles. The van der Waals surface area contributed by atoms with Crippen LogP contribution in [0.25, 0.3) is 89.4 Å². The molecule has 3 heterocycles. The third kappa shape index (κ3) is 13.8. The smallest absolute Gasteiger partial charge is 0.162 e. The molecule has 0 fully saturated rings. The van der Waals surface area contributed by atoms with Crippen LogP contribution in [0.3, 0.4) is 0 Å². The van der Waals surface area contributed by atoms with Gasteiger partial charge in [0.15, 0.2) is 5.78 Å². The van der Waals surface area contributed by atoms with E-state index in [9.17, 15) is 9.90 Å². The van der Waals surface area contributed by atoms with Gasteiger partial charge in [-0.2, -0.15) is 0 Å². The Labute approximate surface area is 518 Å². The average molecular weight is 1300 g/mol. The van der Waals surface area contributed by atoms with Crippen molar-refractivity contribution in [2.75, 3.05) is 0 Å². The van der Waals surface area contributed by atoms with Crippen LogP contribution in [0.4, 0.5) is 0 Å². The van der Waals surface area contributed by atoms with Crippen LogP contribution in [-0.4, -0.2) is 30.0 Å². The summed E-state index contributed by atoms with van der Waals surface area (Å²) in [6.45, 7) is 26.2. The molecule has 0 amide bonds. The van der Waals surface area contributed by atoms with Crippen molar-refractivity contribution in [3.8, 4) is 56.4 Å². The average Bonchev–Trinajstić information content (AvgIpc) is 1.84. The van der Waals surface area contributed by atoms with Crippen LogP contribution in [0.15, 0.2) is 199 Å². The summed E-state index contributed by atoms with van der Waals surface area (Å²) in [7, 11) is 0. The fraction of sp³-hybridized carbons (Fsp3) is 0.286. The van der Waals surface area contributed by atoms with E-state index in [2.05, 4.69) is 227 Å². The van der Waals surface area contributed by atoms with Gasteiger partial charge in [0.05, 0.1) is 34.0 Å². The summed E-state index contributed by atoms with van der Waals surface area (Å²) >= 11 is 0. The number of ketones is 1. The molecular weight excluding hydrogens is 1220 g/mol. The van der Waals surface area contributed by atoms with Crippen molar-refractivity contribution in [3.63, 3.8) is 0 Å². The second-order valence-corrected chi connectivity index (χ2v) is 23.2. The zero-order chi connectivity index (χ0) is 59.6.